The fourth-order valence-electron chi connectivity index (χ4n) is 3.51. The van der Waals surface area contributed by atoms with Gasteiger partial charge >= 0.3 is 0 Å². The van der Waals surface area contributed by atoms with E-state index in [4.69, 9.17) is 0 Å². The summed E-state index contributed by atoms with van der Waals surface area (Å²) in [5.41, 5.74) is 0.275. The van der Waals surface area contributed by atoms with E-state index in [2.05, 4.69) is 15.5 Å². The maximum atomic E-state index is 12.0. The molecule has 0 atom stereocenters. The SMILES string of the molecule is O=C(CN1CCNCC12CCCCC2)NC1CC1. The summed E-state index contributed by atoms with van der Waals surface area (Å²) in [6.45, 7) is 3.73. The molecule has 1 amide bonds. The van der Waals surface area contributed by atoms with E-state index in [0.29, 0.717) is 12.6 Å². The van der Waals surface area contributed by atoms with Crippen LogP contribution in [0, 0.1) is 0 Å². The predicted octanol–water partition coefficient (Wildman–Crippen LogP) is 0.873. The van der Waals surface area contributed by atoms with E-state index in [1.54, 1.807) is 0 Å². The second-order valence-electron chi connectivity index (χ2n) is 6.23. The molecular formula is C14H25N3O. The van der Waals surface area contributed by atoms with Crippen LogP contribution < -0.4 is 10.6 Å². The van der Waals surface area contributed by atoms with Crippen molar-refractivity contribution in [1.82, 2.24) is 15.5 Å². The van der Waals surface area contributed by atoms with Crippen molar-refractivity contribution >= 4 is 5.91 Å². The van der Waals surface area contributed by atoms with E-state index in [0.717, 1.165) is 19.6 Å². The maximum absolute atomic E-state index is 12.0. The highest BCUT2D eigenvalue weighted by Crippen LogP contribution is 2.34. The van der Waals surface area contributed by atoms with Crippen LogP contribution in [-0.2, 0) is 4.79 Å². The first-order valence-corrected chi connectivity index (χ1v) is 7.54. The third-order valence-electron chi connectivity index (χ3n) is 4.74. The Morgan fingerprint density at radius 1 is 1.28 bits per heavy atom. The summed E-state index contributed by atoms with van der Waals surface area (Å²) >= 11 is 0. The average molecular weight is 251 g/mol. The molecule has 3 rings (SSSR count). The molecule has 0 aromatic carbocycles. The van der Waals surface area contributed by atoms with Gasteiger partial charge in [-0.25, -0.2) is 0 Å². The van der Waals surface area contributed by atoms with Gasteiger partial charge in [0.25, 0.3) is 0 Å². The van der Waals surface area contributed by atoms with Crippen LogP contribution in [0.2, 0.25) is 0 Å². The number of rotatable bonds is 3. The topological polar surface area (TPSA) is 44.4 Å². The van der Waals surface area contributed by atoms with E-state index in [1.807, 2.05) is 0 Å². The minimum atomic E-state index is 0.240. The van der Waals surface area contributed by atoms with Crippen molar-refractivity contribution in [3.8, 4) is 0 Å². The molecule has 1 aliphatic heterocycles. The van der Waals surface area contributed by atoms with Crippen molar-refractivity contribution in [3.05, 3.63) is 0 Å². The molecule has 4 heteroatoms. The van der Waals surface area contributed by atoms with Crippen molar-refractivity contribution < 1.29 is 4.79 Å². The van der Waals surface area contributed by atoms with Crippen LogP contribution in [0.15, 0.2) is 0 Å². The zero-order chi connectivity index (χ0) is 12.4. The van der Waals surface area contributed by atoms with Crippen LogP contribution in [0.1, 0.15) is 44.9 Å². The molecule has 3 fully saturated rings. The zero-order valence-corrected chi connectivity index (χ0v) is 11.2. The summed E-state index contributed by atoms with van der Waals surface area (Å²) in [5.74, 6) is 0.240. The number of hydrogen-bond acceptors (Lipinski definition) is 3. The highest BCUT2D eigenvalue weighted by Gasteiger charge is 2.40. The lowest BCUT2D eigenvalue weighted by Gasteiger charge is -2.49. The van der Waals surface area contributed by atoms with E-state index in [9.17, 15) is 4.79 Å². The molecule has 2 aliphatic carbocycles. The lowest BCUT2D eigenvalue weighted by molar-refractivity contribution is -0.125. The molecular weight excluding hydrogens is 226 g/mol. The first-order chi connectivity index (χ1) is 8.78. The summed E-state index contributed by atoms with van der Waals surface area (Å²) < 4.78 is 0. The van der Waals surface area contributed by atoms with Crippen LogP contribution in [0.3, 0.4) is 0 Å². The molecule has 2 N–H and O–H groups in total. The molecule has 102 valence electrons. The molecule has 3 aliphatic rings. The Kier molecular flexibility index (Phi) is 3.57. The van der Waals surface area contributed by atoms with Gasteiger partial charge < -0.3 is 10.6 Å². The van der Waals surface area contributed by atoms with Crippen LogP contribution in [0.5, 0.6) is 0 Å². The molecule has 2 saturated carbocycles. The van der Waals surface area contributed by atoms with Gasteiger partial charge in [-0.2, -0.15) is 0 Å². The van der Waals surface area contributed by atoms with Crippen molar-refractivity contribution in [1.29, 1.82) is 0 Å². The molecule has 0 unspecified atom stereocenters. The number of amides is 1. The minimum absolute atomic E-state index is 0.240. The van der Waals surface area contributed by atoms with Crippen LogP contribution in [0.25, 0.3) is 0 Å². The molecule has 1 heterocycles. The first-order valence-electron chi connectivity index (χ1n) is 7.54. The first kappa shape index (κ1) is 12.4. The average Bonchev–Trinajstić information content (AvgIpc) is 3.17. The van der Waals surface area contributed by atoms with Gasteiger partial charge in [-0.05, 0) is 25.7 Å². The smallest absolute Gasteiger partial charge is 0.234 e. The number of piperazine rings is 1. The number of nitrogens with one attached hydrogen (secondary N) is 2. The number of carbonyl (C=O) groups is 1. The normalized spacial score (nSPS) is 28.2. The van der Waals surface area contributed by atoms with E-state index >= 15 is 0 Å². The number of hydrogen-bond donors (Lipinski definition) is 2. The van der Waals surface area contributed by atoms with Gasteiger partial charge in [0.1, 0.15) is 0 Å². The van der Waals surface area contributed by atoms with Gasteiger partial charge in [0, 0.05) is 31.2 Å². The quantitative estimate of drug-likeness (QED) is 0.782. The maximum Gasteiger partial charge on any atom is 0.234 e. The highest BCUT2D eigenvalue weighted by molar-refractivity contribution is 5.78. The molecule has 0 aromatic rings. The fraction of sp³-hybridized carbons (Fsp3) is 0.929. The summed E-state index contributed by atoms with van der Waals surface area (Å²) in [7, 11) is 0. The van der Waals surface area contributed by atoms with Crippen LogP contribution in [0.4, 0.5) is 0 Å². The second kappa shape index (κ2) is 5.17. The van der Waals surface area contributed by atoms with Crippen LogP contribution in [-0.4, -0.2) is 48.6 Å². The van der Waals surface area contributed by atoms with Crippen LogP contribution >= 0.6 is 0 Å². The largest absolute Gasteiger partial charge is 0.352 e. The predicted molar refractivity (Wildman–Crippen MR) is 71.4 cm³/mol. The molecule has 0 bridgehead atoms. The second-order valence-corrected chi connectivity index (χ2v) is 6.23. The van der Waals surface area contributed by atoms with Gasteiger partial charge in [-0.3, -0.25) is 9.69 Å². The fourth-order valence-corrected chi connectivity index (χ4v) is 3.51. The Bertz CT molecular complexity index is 300. The van der Waals surface area contributed by atoms with Gasteiger partial charge in [-0.1, -0.05) is 19.3 Å². The summed E-state index contributed by atoms with van der Waals surface area (Å²) in [6.07, 6.45) is 8.89. The molecule has 0 radical (unpaired) electrons. The van der Waals surface area contributed by atoms with Gasteiger partial charge in [-0.15, -0.1) is 0 Å². The summed E-state index contributed by atoms with van der Waals surface area (Å²) in [6, 6.07) is 0.489. The summed E-state index contributed by atoms with van der Waals surface area (Å²) in [5, 5.41) is 6.65. The minimum Gasteiger partial charge on any atom is -0.352 e. The van der Waals surface area contributed by atoms with Crippen molar-refractivity contribution in [2.45, 2.75) is 56.5 Å². The molecule has 1 spiro atoms. The standard InChI is InChI=1S/C14H25N3O/c18-13(16-12-4-5-12)10-17-9-8-15-11-14(17)6-2-1-3-7-14/h12,15H,1-11H2,(H,16,18). The number of carbonyl (C=O) groups excluding carboxylic acids is 1. The van der Waals surface area contributed by atoms with Gasteiger partial charge in [0.2, 0.25) is 5.91 Å². The lowest BCUT2D eigenvalue weighted by Crippen LogP contribution is -2.63. The Morgan fingerprint density at radius 3 is 2.78 bits per heavy atom. The molecule has 0 aromatic heterocycles. The summed E-state index contributed by atoms with van der Waals surface area (Å²) in [4.78, 5) is 14.5. The molecule has 18 heavy (non-hydrogen) atoms. The lowest BCUT2D eigenvalue weighted by atomic mass is 9.79. The number of nitrogens with zero attached hydrogens (tertiary/aromatic N) is 1. The Hall–Kier alpha value is -0.610. The molecule has 1 saturated heterocycles. The highest BCUT2D eigenvalue weighted by atomic mass is 16.2. The van der Waals surface area contributed by atoms with Gasteiger partial charge in [0.15, 0.2) is 0 Å². The van der Waals surface area contributed by atoms with E-state index in [-0.39, 0.29) is 11.4 Å². The third-order valence-corrected chi connectivity index (χ3v) is 4.74. The Labute approximate surface area is 109 Å². The van der Waals surface area contributed by atoms with Gasteiger partial charge in [0.05, 0.1) is 6.54 Å². The van der Waals surface area contributed by atoms with Crippen molar-refractivity contribution in [2.75, 3.05) is 26.2 Å². The zero-order valence-electron chi connectivity index (χ0n) is 11.2. The Balaban J connectivity index is 1.61. The van der Waals surface area contributed by atoms with E-state index < -0.39 is 0 Å². The van der Waals surface area contributed by atoms with Crippen molar-refractivity contribution in [3.63, 3.8) is 0 Å². The van der Waals surface area contributed by atoms with Crippen molar-refractivity contribution in [2.24, 2.45) is 0 Å². The Morgan fingerprint density at radius 2 is 2.06 bits per heavy atom. The molecule has 4 nitrogen and oxygen atoms in total. The monoisotopic (exact) mass is 251 g/mol. The third kappa shape index (κ3) is 2.69. The van der Waals surface area contributed by atoms with E-state index in [1.165, 1.54) is 44.9 Å².